The van der Waals surface area contributed by atoms with Crippen molar-refractivity contribution in [3.63, 3.8) is 0 Å². The van der Waals surface area contributed by atoms with Crippen LogP contribution >= 0.6 is 0 Å². The second kappa shape index (κ2) is 9.09. The van der Waals surface area contributed by atoms with E-state index in [1.807, 2.05) is 37.3 Å². The molecule has 3 rings (SSSR count). The van der Waals surface area contributed by atoms with Crippen molar-refractivity contribution in [2.75, 3.05) is 6.61 Å². The Labute approximate surface area is 172 Å². The molecule has 0 saturated heterocycles. The van der Waals surface area contributed by atoms with Gasteiger partial charge in [0.15, 0.2) is 0 Å². The summed E-state index contributed by atoms with van der Waals surface area (Å²) >= 11 is 0. The van der Waals surface area contributed by atoms with E-state index in [1.54, 1.807) is 24.3 Å². The topological polar surface area (TPSA) is 83.4 Å². The van der Waals surface area contributed by atoms with E-state index in [1.165, 1.54) is 17.7 Å². The zero-order valence-corrected chi connectivity index (χ0v) is 16.8. The molecule has 0 unspecified atom stereocenters. The molecule has 154 valence electrons. The summed E-state index contributed by atoms with van der Waals surface area (Å²) in [6.07, 6.45) is 6.96. The minimum absolute atomic E-state index is 0.0300. The largest absolute Gasteiger partial charge is 0.455 e. The van der Waals surface area contributed by atoms with Gasteiger partial charge in [0.25, 0.3) is 5.56 Å². The number of carbonyl (C=O) groups is 1. The molecule has 30 heavy (non-hydrogen) atoms. The van der Waals surface area contributed by atoms with Crippen molar-refractivity contribution in [2.24, 2.45) is 7.05 Å². The second-order valence-electron chi connectivity index (χ2n) is 6.76. The van der Waals surface area contributed by atoms with Crippen LogP contribution in [0.1, 0.15) is 23.0 Å². The molecular weight excluding hydrogens is 384 g/mol. The maximum atomic E-state index is 12.9. The fraction of sp³-hybridized carbons (Fsp3) is 0.174. The Hall–Kier alpha value is -3.87. The Balaban J connectivity index is 1.90. The molecular formula is C23H22N2O5. The van der Waals surface area contributed by atoms with E-state index < -0.39 is 17.2 Å². The number of hydrogen-bond donors (Lipinski definition) is 0. The first-order chi connectivity index (χ1) is 14.4. The summed E-state index contributed by atoms with van der Waals surface area (Å²) in [5.41, 5.74) is 0.605. The van der Waals surface area contributed by atoms with E-state index in [0.717, 1.165) is 15.7 Å². The third kappa shape index (κ3) is 4.41. The molecule has 0 bridgehead atoms. The van der Waals surface area contributed by atoms with E-state index in [9.17, 15) is 14.4 Å². The molecule has 7 nitrogen and oxygen atoms in total. The van der Waals surface area contributed by atoms with Crippen molar-refractivity contribution in [1.29, 1.82) is 0 Å². The Bertz CT molecular complexity index is 1260. The maximum Gasteiger partial charge on any atom is 0.374 e. The van der Waals surface area contributed by atoms with Crippen LogP contribution in [0.5, 0.6) is 0 Å². The summed E-state index contributed by atoms with van der Waals surface area (Å²) in [6.45, 7) is 5.57. The van der Waals surface area contributed by atoms with Crippen molar-refractivity contribution < 1.29 is 13.9 Å². The van der Waals surface area contributed by atoms with Crippen molar-refractivity contribution >= 4 is 17.1 Å². The Morgan fingerprint density at radius 3 is 2.63 bits per heavy atom. The molecule has 0 N–H and O–H groups in total. The van der Waals surface area contributed by atoms with Gasteiger partial charge in [-0.15, -0.1) is 0 Å². The number of nitrogens with zero attached hydrogens (tertiary/aromatic N) is 2. The second-order valence-corrected chi connectivity index (χ2v) is 6.76. The summed E-state index contributed by atoms with van der Waals surface area (Å²) in [6, 6.07) is 10.5. The molecule has 2 heterocycles. The lowest BCUT2D eigenvalue weighted by Gasteiger charge is -2.07. The summed E-state index contributed by atoms with van der Waals surface area (Å²) in [5.74, 6) is -0.850. The summed E-state index contributed by atoms with van der Waals surface area (Å²) < 4.78 is 13.0. The zero-order valence-electron chi connectivity index (χ0n) is 16.8. The lowest BCUT2D eigenvalue weighted by molar-refractivity contribution is 0.0506. The van der Waals surface area contributed by atoms with Crippen molar-refractivity contribution in [2.45, 2.75) is 13.5 Å². The van der Waals surface area contributed by atoms with Gasteiger partial charge in [0, 0.05) is 13.1 Å². The van der Waals surface area contributed by atoms with Crippen molar-refractivity contribution in [1.82, 2.24) is 9.13 Å². The van der Waals surface area contributed by atoms with Crippen LogP contribution in [0.15, 0.2) is 86.9 Å². The molecule has 0 radical (unpaired) electrons. The van der Waals surface area contributed by atoms with Crippen LogP contribution in [0, 0.1) is 0 Å². The third-order valence-corrected chi connectivity index (χ3v) is 4.45. The molecule has 0 amide bonds. The van der Waals surface area contributed by atoms with Gasteiger partial charge in [-0.1, -0.05) is 61.2 Å². The van der Waals surface area contributed by atoms with Crippen LogP contribution in [-0.2, 0) is 18.3 Å². The first-order valence-corrected chi connectivity index (χ1v) is 9.31. The predicted octanol–water partition coefficient (Wildman–Crippen LogP) is 3.19. The maximum absolute atomic E-state index is 12.9. The number of carbonyl (C=O) groups excluding carboxylic acids is 1. The molecule has 0 saturated carbocycles. The zero-order chi connectivity index (χ0) is 21.7. The quantitative estimate of drug-likeness (QED) is 0.445. The van der Waals surface area contributed by atoms with Gasteiger partial charge in [0.2, 0.25) is 11.5 Å². The Morgan fingerprint density at radius 1 is 1.20 bits per heavy atom. The highest BCUT2D eigenvalue weighted by Crippen LogP contribution is 2.16. The number of hydrogen-bond acceptors (Lipinski definition) is 5. The van der Waals surface area contributed by atoms with Gasteiger partial charge in [0.1, 0.15) is 12.0 Å². The molecule has 0 aliphatic carbocycles. The molecule has 2 aromatic heterocycles. The molecule has 0 aliphatic rings. The van der Waals surface area contributed by atoms with E-state index in [0.29, 0.717) is 0 Å². The smallest absolute Gasteiger partial charge is 0.374 e. The number of aromatic nitrogens is 2. The first kappa shape index (κ1) is 20.9. The van der Waals surface area contributed by atoms with E-state index in [-0.39, 0.29) is 30.0 Å². The van der Waals surface area contributed by atoms with Crippen LogP contribution in [0.4, 0.5) is 0 Å². The average Bonchev–Trinajstić information content (AvgIpc) is 3.20. The minimum atomic E-state index is -0.715. The molecule has 0 fully saturated rings. The van der Waals surface area contributed by atoms with Crippen LogP contribution < -0.4 is 11.2 Å². The van der Waals surface area contributed by atoms with Crippen molar-refractivity contribution in [3.8, 4) is 0 Å². The highest BCUT2D eigenvalue weighted by atomic mass is 16.5. The molecule has 0 spiro atoms. The van der Waals surface area contributed by atoms with E-state index in [4.69, 9.17) is 9.15 Å². The highest BCUT2D eigenvalue weighted by molar-refractivity contribution is 5.91. The third-order valence-electron chi connectivity index (χ3n) is 4.45. The molecule has 0 atom stereocenters. The average molecular weight is 406 g/mol. The van der Waals surface area contributed by atoms with Crippen LogP contribution in [-0.4, -0.2) is 21.7 Å². The van der Waals surface area contributed by atoms with Crippen molar-refractivity contribution in [3.05, 3.63) is 105 Å². The lowest BCUT2D eigenvalue weighted by Crippen LogP contribution is -2.38. The molecule has 1 aromatic carbocycles. The van der Waals surface area contributed by atoms with E-state index in [2.05, 4.69) is 6.58 Å². The highest BCUT2D eigenvalue weighted by Gasteiger charge is 2.20. The van der Waals surface area contributed by atoms with E-state index >= 15 is 0 Å². The monoisotopic (exact) mass is 406 g/mol. The van der Waals surface area contributed by atoms with Gasteiger partial charge in [-0.05, 0) is 18.1 Å². The fourth-order valence-corrected chi connectivity index (χ4v) is 2.89. The Morgan fingerprint density at radius 2 is 1.93 bits per heavy atom. The van der Waals surface area contributed by atoms with Gasteiger partial charge < -0.3 is 9.15 Å². The summed E-state index contributed by atoms with van der Waals surface area (Å²) in [7, 11) is 1.49. The van der Waals surface area contributed by atoms with Gasteiger partial charge in [-0.2, -0.15) is 0 Å². The van der Waals surface area contributed by atoms with Crippen LogP contribution in [0.25, 0.3) is 11.1 Å². The SMILES string of the molecule is C=C/C=C\C=C(/C)COC(=O)c1cc2c(=O)n(Cc3ccccc3)c(=O)n(C)c2o1. The number of ether oxygens (including phenoxy) is 1. The first-order valence-electron chi connectivity index (χ1n) is 9.31. The summed E-state index contributed by atoms with van der Waals surface area (Å²) in [4.78, 5) is 37.9. The van der Waals surface area contributed by atoms with Gasteiger partial charge >= 0.3 is 11.7 Å². The van der Waals surface area contributed by atoms with Gasteiger partial charge in [-0.3, -0.25) is 13.9 Å². The predicted molar refractivity (Wildman–Crippen MR) is 115 cm³/mol. The number of benzene rings is 1. The number of esters is 1. The minimum Gasteiger partial charge on any atom is -0.455 e. The standard InChI is InChI=1S/C23H22N2O5/c1-4-5-7-10-16(2)15-29-22(27)19-13-18-20(26)25(14-17-11-8-6-9-12-17)23(28)24(3)21(18)30-19/h4-13H,1,14-15H2,2-3H3/b7-5-,16-10+. The van der Waals surface area contributed by atoms with Gasteiger partial charge in [0.05, 0.1) is 6.54 Å². The Kier molecular flexibility index (Phi) is 6.32. The number of rotatable bonds is 7. The number of fused-ring (bicyclic) bond motifs is 1. The number of allylic oxidation sites excluding steroid dienone is 4. The molecule has 3 aromatic rings. The van der Waals surface area contributed by atoms with Crippen LogP contribution in [0.3, 0.4) is 0 Å². The number of aryl methyl sites for hydroxylation is 1. The van der Waals surface area contributed by atoms with Crippen LogP contribution in [0.2, 0.25) is 0 Å². The summed E-state index contributed by atoms with van der Waals surface area (Å²) in [5, 5.41) is 0.140. The fourth-order valence-electron chi connectivity index (χ4n) is 2.89. The number of furan rings is 1. The normalized spacial score (nSPS) is 11.9. The lowest BCUT2D eigenvalue weighted by atomic mass is 10.2. The molecule has 7 heteroatoms. The molecule has 0 aliphatic heterocycles. The van der Waals surface area contributed by atoms with Gasteiger partial charge in [-0.25, -0.2) is 9.59 Å².